The van der Waals surface area contributed by atoms with Gasteiger partial charge in [-0.05, 0) is 53.6 Å². The number of hydrogen-bond acceptors (Lipinski definition) is 3. The summed E-state index contributed by atoms with van der Waals surface area (Å²) < 4.78 is 5.75. The van der Waals surface area contributed by atoms with Crippen LogP contribution >= 0.6 is 34.8 Å². The SMILES string of the molecule is O=C1NN(c2ccccc2)C(=O)C1=Cc1ccc(OCc2ccc(Cl)c(Cl)c2)c(Cl)c1. The first-order chi connectivity index (χ1) is 14.9. The number of ether oxygens (including phenoxy) is 1. The molecule has 1 N–H and O–H groups in total. The molecule has 4 rings (SSSR count). The number of rotatable bonds is 5. The van der Waals surface area contributed by atoms with Crippen LogP contribution in [0, 0.1) is 0 Å². The predicted octanol–water partition coefficient (Wildman–Crippen LogP) is 5.69. The summed E-state index contributed by atoms with van der Waals surface area (Å²) in [7, 11) is 0. The molecule has 0 unspecified atom stereocenters. The summed E-state index contributed by atoms with van der Waals surface area (Å²) in [5.41, 5.74) is 4.59. The molecule has 3 aromatic carbocycles. The zero-order valence-electron chi connectivity index (χ0n) is 15.9. The van der Waals surface area contributed by atoms with Gasteiger partial charge in [-0.3, -0.25) is 15.0 Å². The Morgan fingerprint density at radius 2 is 1.65 bits per heavy atom. The van der Waals surface area contributed by atoms with Crippen LogP contribution in [0.25, 0.3) is 6.08 Å². The van der Waals surface area contributed by atoms with Crippen LogP contribution < -0.4 is 15.2 Å². The minimum atomic E-state index is -0.482. The summed E-state index contributed by atoms with van der Waals surface area (Å²) in [6.45, 7) is 0.254. The topological polar surface area (TPSA) is 58.6 Å². The summed E-state index contributed by atoms with van der Waals surface area (Å²) in [5.74, 6) is -0.458. The monoisotopic (exact) mass is 472 g/mol. The van der Waals surface area contributed by atoms with E-state index in [9.17, 15) is 9.59 Å². The highest BCUT2D eigenvalue weighted by Crippen LogP contribution is 2.29. The van der Waals surface area contributed by atoms with Crippen molar-refractivity contribution in [1.82, 2.24) is 5.43 Å². The first-order valence-corrected chi connectivity index (χ1v) is 10.3. The number of anilines is 1. The maximum absolute atomic E-state index is 12.7. The number of carbonyl (C=O) groups excluding carboxylic acids is 2. The highest BCUT2D eigenvalue weighted by Gasteiger charge is 2.34. The lowest BCUT2D eigenvalue weighted by atomic mass is 10.1. The highest BCUT2D eigenvalue weighted by molar-refractivity contribution is 6.42. The highest BCUT2D eigenvalue weighted by atomic mass is 35.5. The Labute approximate surface area is 193 Å². The van der Waals surface area contributed by atoms with Crippen LogP contribution in [-0.4, -0.2) is 11.8 Å². The molecule has 31 heavy (non-hydrogen) atoms. The first kappa shape index (κ1) is 21.2. The molecule has 3 aromatic rings. The van der Waals surface area contributed by atoms with Gasteiger partial charge in [0.25, 0.3) is 11.8 Å². The van der Waals surface area contributed by atoms with Crippen molar-refractivity contribution in [3.63, 3.8) is 0 Å². The summed E-state index contributed by atoms with van der Waals surface area (Å²) >= 11 is 18.3. The lowest BCUT2D eigenvalue weighted by molar-refractivity contribution is -0.117. The molecule has 0 bridgehead atoms. The van der Waals surface area contributed by atoms with Crippen LogP contribution in [0.3, 0.4) is 0 Å². The van der Waals surface area contributed by atoms with Crippen molar-refractivity contribution in [3.8, 4) is 5.75 Å². The van der Waals surface area contributed by atoms with Crippen molar-refractivity contribution >= 4 is 58.4 Å². The number of carbonyl (C=O) groups is 2. The summed E-state index contributed by atoms with van der Waals surface area (Å²) in [6, 6.07) is 19.1. The molecule has 1 heterocycles. The molecule has 8 heteroatoms. The molecule has 5 nitrogen and oxygen atoms in total. The predicted molar refractivity (Wildman–Crippen MR) is 122 cm³/mol. The number of hydrogen-bond donors (Lipinski definition) is 1. The van der Waals surface area contributed by atoms with Crippen molar-refractivity contribution in [2.45, 2.75) is 6.61 Å². The van der Waals surface area contributed by atoms with Crippen molar-refractivity contribution in [2.24, 2.45) is 0 Å². The molecule has 0 spiro atoms. The van der Waals surface area contributed by atoms with Crippen LogP contribution in [0.4, 0.5) is 5.69 Å². The van der Waals surface area contributed by atoms with Crippen molar-refractivity contribution < 1.29 is 14.3 Å². The Bertz CT molecular complexity index is 1200. The average Bonchev–Trinajstić information content (AvgIpc) is 3.04. The van der Waals surface area contributed by atoms with Crippen LogP contribution in [0.15, 0.2) is 72.3 Å². The van der Waals surface area contributed by atoms with E-state index in [1.165, 1.54) is 11.1 Å². The van der Waals surface area contributed by atoms with Gasteiger partial charge in [-0.1, -0.05) is 65.1 Å². The number of nitrogens with zero attached hydrogens (tertiary/aromatic N) is 1. The second kappa shape index (κ2) is 9.02. The Morgan fingerprint density at radius 3 is 2.35 bits per heavy atom. The van der Waals surface area contributed by atoms with Gasteiger partial charge in [0, 0.05) is 0 Å². The van der Waals surface area contributed by atoms with Crippen LogP contribution in [-0.2, 0) is 16.2 Å². The number of para-hydroxylation sites is 1. The maximum atomic E-state index is 12.7. The van der Waals surface area contributed by atoms with E-state index in [-0.39, 0.29) is 12.2 Å². The van der Waals surface area contributed by atoms with Gasteiger partial charge in [0.05, 0.1) is 20.8 Å². The Hall–Kier alpha value is -2.99. The lowest BCUT2D eigenvalue weighted by Crippen LogP contribution is -2.35. The third-order valence-corrected chi connectivity index (χ3v) is 5.59. The third kappa shape index (κ3) is 4.69. The smallest absolute Gasteiger partial charge is 0.282 e. The van der Waals surface area contributed by atoms with Gasteiger partial charge in [-0.2, -0.15) is 0 Å². The molecule has 1 saturated heterocycles. The largest absolute Gasteiger partial charge is 0.487 e. The van der Waals surface area contributed by atoms with Gasteiger partial charge in [0.15, 0.2) is 0 Å². The molecule has 0 saturated carbocycles. The van der Waals surface area contributed by atoms with E-state index < -0.39 is 11.8 Å². The van der Waals surface area contributed by atoms with E-state index in [0.717, 1.165) is 5.56 Å². The zero-order chi connectivity index (χ0) is 22.0. The Balaban J connectivity index is 1.50. The molecular weight excluding hydrogens is 459 g/mol. The van der Waals surface area contributed by atoms with Gasteiger partial charge < -0.3 is 4.74 Å². The number of halogens is 3. The number of hydrazine groups is 1. The van der Waals surface area contributed by atoms with Gasteiger partial charge in [-0.25, -0.2) is 5.01 Å². The minimum absolute atomic E-state index is 0.0180. The van der Waals surface area contributed by atoms with Gasteiger partial charge in [-0.15, -0.1) is 0 Å². The second-order valence-corrected chi connectivity index (χ2v) is 7.92. The Morgan fingerprint density at radius 1 is 0.871 bits per heavy atom. The number of nitrogens with one attached hydrogen (secondary N) is 1. The zero-order valence-corrected chi connectivity index (χ0v) is 18.2. The summed E-state index contributed by atoms with van der Waals surface area (Å²) in [6.07, 6.45) is 1.50. The van der Waals surface area contributed by atoms with Crippen molar-refractivity contribution in [2.75, 3.05) is 5.01 Å². The molecule has 0 radical (unpaired) electrons. The van der Waals surface area contributed by atoms with E-state index in [2.05, 4.69) is 5.43 Å². The van der Waals surface area contributed by atoms with Crippen LogP contribution in [0.5, 0.6) is 5.75 Å². The standard InChI is InChI=1S/C23H15Cl3N2O3/c24-18-8-6-15(12-19(18)25)13-31-21-9-7-14(11-20(21)26)10-17-22(29)27-28(23(17)30)16-4-2-1-3-5-16/h1-12H,13H2,(H,27,29). The van der Waals surface area contributed by atoms with Gasteiger partial charge in [0.2, 0.25) is 0 Å². The minimum Gasteiger partial charge on any atom is -0.487 e. The fourth-order valence-electron chi connectivity index (χ4n) is 3.00. The molecule has 156 valence electrons. The fourth-order valence-corrected chi connectivity index (χ4v) is 3.56. The number of benzene rings is 3. The molecule has 1 aliphatic heterocycles. The first-order valence-electron chi connectivity index (χ1n) is 9.21. The second-order valence-electron chi connectivity index (χ2n) is 6.70. The lowest BCUT2D eigenvalue weighted by Gasteiger charge is -2.13. The quantitative estimate of drug-likeness (QED) is 0.383. The molecule has 0 atom stereocenters. The third-order valence-electron chi connectivity index (χ3n) is 4.55. The van der Waals surface area contributed by atoms with Crippen LogP contribution in [0.2, 0.25) is 15.1 Å². The van der Waals surface area contributed by atoms with E-state index in [1.54, 1.807) is 54.6 Å². The molecule has 2 amide bonds. The molecular formula is C23H15Cl3N2O3. The normalized spacial score (nSPS) is 14.8. The van der Waals surface area contributed by atoms with Crippen LogP contribution in [0.1, 0.15) is 11.1 Å². The van der Waals surface area contributed by atoms with Crippen molar-refractivity contribution in [3.05, 3.63) is 98.5 Å². The molecule has 0 aliphatic carbocycles. The van der Waals surface area contributed by atoms with Crippen molar-refractivity contribution in [1.29, 1.82) is 0 Å². The fraction of sp³-hybridized carbons (Fsp3) is 0.0435. The molecule has 1 fully saturated rings. The number of amides is 2. The van der Waals surface area contributed by atoms with Gasteiger partial charge >= 0.3 is 0 Å². The van der Waals surface area contributed by atoms with E-state index >= 15 is 0 Å². The maximum Gasteiger partial charge on any atom is 0.282 e. The average molecular weight is 474 g/mol. The van der Waals surface area contributed by atoms with E-state index in [4.69, 9.17) is 39.5 Å². The van der Waals surface area contributed by atoms with Gasteiger partial charge in [0.1, 0.15) is 17.9 Å². The Kier molecular flexibility index (Phi) is 6.18. The molecule has 0 aromatic heterocycles. The van der Waals surface area contributed by atoms with E-state index in [0.29, 0.717) is 32.1 Å². The van der Waals surface area contributed by atoms with E-state index in [1.807, 2.05) is 12.1 Å². The summed E-state index contributed by atoms with van der Waals surface area (Å²) in [5, 5.41) is 2.47. The molecule has 1 aliphatic rings. The summed E-state index contributed by atoms with van der Waals surface area (Å²) in [4.78, 5) is 25.0.